The second-order valence-corrected chi connectivity index (χ2v) is 6.54. The SMILES string of the molecule is COc1ccc(F)c(-c2cnc(Nc3cc(C=O)ccc3C(=N)SC)nc2)c1. The Hall–Kier alpha value is -3.26. The third-order valence-corrected chi connectivity index (χ3v) is 4.64. The number of hydrogen-bond donors (Lipinski definition) is 2. The molecule has 1 aromatic heterocycles. The summed E-state index contributed by atoms with van der Waals surface area (Å²) in [7, 11) is 1.51. The first kappa shape index (κ1) is 19.5. The smallest absolute Gasteiger partial charge is 0.227 e. The van der Waals surface area contributed by atoms with E-state index < -0.39 is 5.82 Å². The summed E-state index contributed by atoms with van der Waals surface area (Å²) in [4.78, 5) is 19.6. The van der Waals surface area contributed by atoms with Crippen LogP contribution >= 0.6 is 11.8 Å². The number of rotatable bonds is 6. The average molecular weight is 396 g/mol. The average Bonchev–Trinajstić information content (AvgIpc) is 2.74. The summed E-state index contributed by atoms with van der Waals surface area (Å²) in [5.74, 6) is 0.397. The second kappa shape index (κ2) is 8.62. The van der Waals surface area contributed by atoms with E-state index in [0.717, 1.165) is 6.29 Å². The van der Waals surface area contributed by atoms with Gasteiger partial charge in [-0.25, -0.2) is 14.4 Å². The van der Waals surface area contributed by atoms with E-state index in [1.54, 1.807) is 30.5 Å². The van der Waals surface area contributed by atoms with Gasteiger partial charge in [-0.3, -0.25) is 10.2 Å². The van der Waals surface area contributed by atoms with Gasteiger partial charge >= 0.3 is 0 Å². The van der Waals surface area contributed by atoms with Crippen molar-refractivity contribution in [2.24, 2.45) is 0 Å². The van der Waals surface area contributed by atoms with E-state index in [-0.39, 0.29) is 5.95 Å². The minimum atomic E-state index is -0.403. The van der Waals surface area contributed by atoms with Gasteiger partial charge in [0.25, 0.3) is 0 Å². The van der Waals surface area contributed by atoms with Crippen LogP contribution in [0.2, 0.25) is 0 Å². The van der Waals surface area contributed by atoms with Gasteiger partial charge in [0, 0.05) is 34.6 Å². The van der Waals surface area contributed by atoms with Crippen molar-refractivity contribution < 1.29 is 13.9 Å². The molecule has 0 amide bonds. The van der Waals surface area contributed by atoms with Crippen LogP contribution in [0.5, 0.6) is 5.75 Å². The van der Waals surface area contributed by atoms with Gasteiger partial charge in [0.2, 0.25) is 5.95 Å². The van der Waals surface area contributed by atoms with Gasteiger partial charge in [-0.2, -0.15) is 0 Å². The lowest BCUT2D eigenvalue weighted by Crippen LogP contribution is -2.04. The fourth-order valence-electron chi connectivity index (χ4n) is 2.55. The van der Waals surface area contributed by atoms with E-state index in [0.29, 0.717) is 38.7 Å². The van der Waals surface area contributed by atoms with Crippen LogP contribution in [-0.2, 0) is 0 Å². The van der Waals surface area contributed by atoms with Crippen molar-refractivity contribution in [1.29, 1.82) is 5.41 Å². The molecule has 3 aromatic rings. The number of nitrogens with zero attached hydrogens (tertiary/aromatic N) is 2. The van der Waals surface area contributed by atoms with Crippen molar-refractivity contribution in [3.63, 3.8) is 0 Å². The van der Waals surface area contributed by atoms with Crippen molar-refractivity contribution in [2.45, 2.75) is 0 Å². The molecule has 0 spiro atoms. The van der Waals surface area contributed by atoms with Gasteiger partial charge in [-0.05, 0) is 36.6 Å². The molecule has 3 rings (SSSR count). The minimum absolute atomic E-state index is 0.269. The number of anilines is 2. The summed E-state index contributed by atoms with van der Waals surface area (Å²) in [6.45, 7) is 0. The summed E-state index contributed by atoms with van der Waals surface area (Å²) < 4.78 is 19.2. The van der Waals surface area contributed by atoms with Crippen molar-refractivity contribution in [1.82, 2.24) is 9.97 Å². The van der Waals surface area contributed by atoms with Crippen molar-refractivity contribution >= 4 is 34.7 Å². The molecule has 2 N–H and O–H groups in total. The van der Waals surface area contributed by atoms with Crippen LogP contribution in [0.4, 0.5) is 16.0 Å². The number of benzene rings is 2. The highest BCUT2D eigenvalue weighted by molar-refractivity contribution is 8.13. The number of halogens is 1. The number of nitrogens with one attached hydrogen (secondary N) is 2. The molecule has 0 radical (unpaired) electrons. The molecule has 0 fully saturated rings. The maximum atomic E-state index is 14.1. The van der Waals surface area contributed by atoms with Crippen LogP contribution < -0.4 is 10.1 Å². The van der Waals surface area contributed by atoms with E-state index in [1.807, 2.05) is 0 Å². The molecular weight excluding hydrogens is 379 g/mol. The molecular formula is C20H17FN4O2S. The Bertz CT molecular complexity index is 1030. The largest absolute Gasteiger partial charge is 0.497 e. The van der Waals surface area contributed by atoms with Crippen molar-refractivity contribution in [3.05, 3.63) is 65.7 Å². The van der Waals surface area contributed by atoms with Crippen LogP contribution in [-0.4, -0.2) is 34.7 Å². The third kappa shape index (κ3) is 4.17. The monoisotopic (exact) mass is 396 g/mol. The molecule has 142 valence electrons. The first-order valence-electron chi connectivity index (χ1n) is 8.21. The first-order chi connectivity index (χ1) is 13.5. The third-order valence-electron chi connectivity index (χ3n) is 4.01. The van der Waals surface area contributed by atoms with E-state index >= 15 is 0 Å². The topological polar surface area (TPSA) is 88.0 Å². The zero-order chi connectivity index (χ0) is 20.1. The highest BCUT2D eigenvalue weighted by Crippen LogP contribution is 2.28. The predicted molar refractivity (Wildman–Crippen MR) is 109 cm³/mol. The number of aldehydes is 1. The standard InChI is InChI=1S/C20H17FN4O2S/c1-27-14-4-6-17(21)16(8-14)13-9-23-20(24-10-13)25-18-7-12(11-26)3-5-15(18)19(22)28-2/h3-11,22H,1-2H3,(H,23,24,25). The summed E-state index contributed by atoms with van der Waals surface area (Å²) in [5, 5.41) is 11.4. The number of aromatic nitrogens is 2. The van der Waals surface area contributed by atoms with E-state index in [2.05, 4.69) is 15.3 Å². The van der Waals surface area contributed by atoms with Crippen LogP contribution in [0.3, 0.4) is 0 Å². The Morgan fingerprint density at radius 2 is 1.96 bits per heavy atom. The van der Waals surface area contributed by atoms with Crippen LogP contribution in [0, 0.1) is 11.2 Å². The fraction of sp³-hybridized carbons (Fsp3) is 0.100. The maximum absolute atomic E-state index is 14.1. The number of thioether (sulfide) groups is 1. The second-order valence-electron chi connectivity index (χ2n) is 5.72. The lowest BCUT2D eigenvalue weighted by atomic mass is 10.1. The Labute approximate surface area is 165 Å². The first-order valence-corrected chi connectivity index (χ1v) is 9.43. The van der Waals surface area contributed by atoms with Crippen LogP contribution in [0.15, 0.2) is 48.8 Å². The van der Waals surface area contributed by atoms with Crippen molar-refractivity contribution in [2.75, 3.05) is 18.7 Å². The lowest BCUT2D eigenvalue weighted by molar-refractivity contribution is 0.112. The summed E-state index contributed by atoms with van der Waals surface area (Å²) in [6, 6.07) is 9.42. The highest BCUT2D eigenvalue weighted by Gasteiger charge is 2.12. The number of carbonyl (C=O) groups excluding carboxylic acids is 1. The van der Waals surface area contributed by atoms with Crippen LogP contribution in [0.1, 0.15) is 15.9 Å². The molecule has 0 atom stereocenters. The molecule has 0 saturated heterocycles. The summed E-state index contributed by atoms with van der Waals surface area (Å²) >= 11 is 1.28. The summed E-state index contributed by atoms with van der Waals surface area (Å²) in [5.41, 5.74) is 2.48. The maximum Gasteiger partial charge on any atom is 0.227 e. The molecule has 8 heteroatoms. The van der Waals surface area contributed by atoms with Gasteiger partial charge in [0.05, 0.1) is 17.8 Å². The number of ether oxygens (including phenoxy) is 1. The lowest BCUT2D eigenvalue weighted by Gasteiger charge is -2.12. The predicted octanol–water partition coefficient (Wildman–Crippen LogP) is 4.54. The molecule has 0 aliphatic carbocycles. The highest BCUT2D eigenvalue weighted by atomic mass is 32.2. The molecule has 0 aliphatic rings. The Balaban J connectivity index is 1.91. The Kier molecular flexibility index (Phi) is 6.00. The summed E-state index contributed by atoms with van der Waals surface area (Å²) in [6.07, 6.45) is 5.52. The normalized spacial score (nSPS) is 10.4. The van der Waals surface area contributed by atoms with Gasteiger partial charge < -0.3 is 10.1 Å². The zero-order valence-corrected chi connectivity index (χ0v) is 16.0. The number of hydrogen-bond acceptors (Lipinski definition) is 7. The van der Waals surface area contributed by atoms with Gasteiger partial charge in [-0.1, -0.05) is 6.07 Å². The minimum Gasteiger partial charge on any atom is -0.497 e. The molecule has 1 heterocycles. The molecule has 0 unspecified atom stereocenters. The molecule has 0 saturated carbocycles. The number of methoxy groups -OCH3 is 1. The van der Waals surface area contributed by atoms with E-state index in [9.17, 15) is 9.18 Å². The molecule has 6 nitrogen and oxygen atoms in total. The molecule has 0 bridgehead atoms. The van der Waals surface area contributed by atoms with Crippen molar-refractivity contribution in [3.8, 4) is 16.9 Å². The fourth-order valence-corrected chi connectivity index (χ4v) is 2.95. The van der Waals surface area contributed by atoms with Gasteiger partial charge in [0.15, 0.2) is 0 Å². The molecule has 28 heavy (non-hydrogen) atoms. The number of carbonyl (C=O) groups is 1. The van der Waals surface area contributed by atoms with Crippen LogP contribution in [0.25, 0.3) is 11.1 Å². The molecule has 2 aromatic carbocycles. The zero-order valence-electron chi connectivity index (χ0n) is 15.2. The van der Waals surface area contributed by atoms with Gasteiger partial charge in [0.1, 0.15) is 17.9 Å². The van der Waals surface area contributed by atoms with E-state index in [4.69, 9.17) is 10.1 Å². The Morgan fingerprint density at radius 1 is 1.21 bits per heavy atom. The van der Waals surface area contributed by atoms with Gasteiger partial charge in [-0.15, -0.1) is 11.8 Å². The van der Waals surface area contributed by atoms with E-state index in [1.165, 1.54) is 43.4 Å². The molecule has 0 aliphatic heterocycles. The quantitative estimate of drug-likeness (QED) is 0.361. The Morgan fingerprint density at radius 3 is 2.61 bits per heavy atom.